The molecule has 0 saturated heterocycles. The first kappa shape index (κ1) is 18.5. The number of benzene rings is 1. The molecular weight excluding hydrogens is 302 g/mol. The highest BCUT2D eigenvalue weighted by molar-refractivity contribution is 5.92. The SMILES string of the molecule is Cl.NC(=O)c1cccc(CNC(=O)CC2CCCCC2N)c1. The Bertz CT molecular complexity index is 522. The largest absolute Gasteiger partial charge is 0.366 e. The summed E-state index contributed by atoms with van der Waals surface area (Å²) in [7, 11) is 0. The fourth-order valence-corrected chi connectivity index (χ4v) is 2.84. The van der Waals surface area contributed by atoms with Gasteiger partial charge in [-0.3, -0.25) is 9.59 Å². The van der Waals surface area contributed by atoms with Gasteiger partial charge in [0.25, 0.3) is 0 Å². The summed E-state index contributed by atoms with van der Waals surface area (Å²) in [5.41, 5.74) is 12.6. The molecule has 0 spiro atoms. The number of hydrogen-bond acceptors (Lipinski definition) is 3. The van der Waals surface area contributed by atoms with Crippen LogP contribution in [0.1, 0.15) is 48.0 Å². The molecule has 1 saturated carbocycles. The molecule has 0 heterocycles. The number of rotatable bonds is 5. The molecule has 1 aromatic rings. The second kappa shape index (κ2) is 8.76. The second-order valence-electron chi connectivity index (χ2n) is 5.75. The van der Waals surface area contributed by atoms with Crippen molar-refractivity contribution in [2.24, 2.45) is 17.4 Å². The molecule has 2 unspecified atom stereocenters. The fraction of sp³-hybridized carbons (Fsp3) is 0.500. The zero-order valence-corrected chi connectivity index (χ0v) is 13.4. The van der Waals surface area contributed by atoms with E-state index < -0.39 is 5.91 Å². The van der Waals surface area contributed by atoms with E-state index in [2.05, 4.69) is 5.32 Å². The summed E-state index contributed by atoms with van der Waals surface area (Å²) in [4.78, 5) is 23.1. The molecule has 1 aliphatic carbocycles. The van der Waals surface area contributed by atoms with Gasteiger partial charge in [-0.15, -0.1) is 12.4 Å². The molecule has 1 fully saturated rings. The van der Waals surface area contributed by atoms with E-state index in [1.165, 1.54) is 6.42 Å². The molecular formula is C16H24ClN3O2. The van der Waals surface area contributed by atoms with E-state index in [4.69, 9.17) is 11.5 Å². The lowest BCUT2D eigenvalue weighted by Gasteiger charge is -2.27. The van der Waals surface area contributed by atoms with Crippen LogP contribution in [0, 0.1) is 5.92 Å². The third-order valence-corrected chi connectivity index (χ3v) is 4.12. The first-order valence-corrected chi connectivity index (χ1v) is 7.47. The maximum Gasteiger partial charge on any atom is 0.248 e. The summed E-state index contributed by atoms with van der Waals surface area (Å²) < 4.78 is 0. The van der Waals surface area contributed by atoms with Crippen LogP contribution in [0.3, 0.4) is 0 Å². The number of carbonyl (C=O) groups is 2. The van der Waals surface area contributed by atoms with Gasteiger partial charge in [-0.2, -0.15) is 0 Å². The Hall–Kier alpha value is -1.59. The van der Waals surface area contributed by atoms with Crippen molar-refractivity contribution in [3.63, 3.8) is 0 Å². The maximum absolute atomic E-state index is 12.0. The molecule has 6 heteroatoms. The first-order chi connectivity index (χ1) is 10.1. The van der Waals surface area contributed by atoms with E-state index in [9.17, 15) is 9.59 Å². The number of halogens is 1. The summed E-state index contributed by atoms with van der Waals surface area (Å²) in [5, 5.41) is 2.89. The summed E-state index contributed by atoms with van der Waals surface area (Å²) in [6.07, 6.45) is 4.85. The number of amides is 2. The van der Waals surface area contributed by atoms with Crippen LogP contribution in [0.4, 0.5) is 0 Å². The molecule has 122 valence electrons. The summed E-state index contributed by atoms with van der Waals surface area (Å²) >= 11 is 0. The molecule has 0 bridgehead atoms. The van der Waals surface area contributed by atoms with Gasteiger partial charge in [0, 0.05) is 24.6 Å². The average Bonchev–Trinajstić information content (AvgIpc) is 2.48. The van der Waals surface area contributed by atoms with E-state index in [1.807, 2.05) is 6.07 Å². The van der Waals surface area contributed by atoms with E-state index in [0.717, 1.165) is 24.8 Å². The lowest BCUT2D eigenvalue weighted by molar-refractivity contribution is -0.122. The van der Waals surface area contributed by atoms with Gasteiger partial charge >= 0.3 is 0 Å². The minimum atomic E-state index is -0.462. The lowest BCUT2D eigenvalue weighted by atomic mass is 9.83. The molecule has 2 atom stereocenters. The highest BCUT2D eigenvalue weighted by atomic mass is 35.5. The van der Waals surface area contributed by atoms with Crippen LogP contribution in [0.15, 0.2) is 24.3 Å². The van der Waals surface area contributed by atoms with Gasteiger partial charge in [-0.05, 0) is 36.5 Å². The Morgan fingerprint density at radius 2 is 1.95 bits per heavy atom. The van der Waals surface area contributed by atoms with Gasteiger partial charge in [0.05, 0.1) is 0 Å². The van der Waals surface area contributed by atoms with Crippen LogP contribution < -0.4 is 16.8 Å². The van der Waals surface area contributed by atoms with Gasteiger partial charge in [0.2, 0.25) is 11.8 Å². The molecule has 0 radical (unpaired) electrons. The smallest absolute Gasteiger partial charge is 0.248 e. The zero-order chi connectivity index (χ0) is 15.2. The highest BCUT2D eigenvalue weighted by Crippen LogP contribution is 2.25. The van der Waals surface area contributed by atoms with Crippen molar-refractivity contribution in [2.75, 3.05) is 0 Å². The molecule has 2 rings (SSSR count). The summed E-state index contributed by atoms with van der Waals surface area (Å²) in [6.45, 7) is 0.405. The summed E-state index contributed by atoms with van der Waals surface area (Å²) in [5.74, 6) is -0.158. The van der Waals surface area contributed by atoms with Crippen molar-refractivity contribution < 1.29 is 9.59 Å². The van der Waals surface area contributed by atoms with Crippen molar-refractivity contribution in [1.29, 1.82) is 0 Å². The number of nitrogens with two attached hydrogens (primary N) is 2. The predicted octanol–water partition coefficient (Wildman–Crippen LogP) is 1.73. The van der Waals surface area contributed by atoms with Gasteiger partial charge in [0.15, 0.2) is 0 Å². The van der Waals surface area contributed by atoms with E-state index >= 15 is 0 Å². The Labute approximate surface area is 137 Å². The molecule has 2 amide bonds. The lowest BCUT2D eigenvalue weighted by Crippen LogP contribution is -2.37. The second-order valence-corrected chi connectivity index (χ2v) is 5.75. The number of primary amides is 1. The Morgan fingerprint density at radius 3 is 2.64 bits per heavy atom. The minimum absolute atomic E-state index is 0. The Balaban J connectivity index is 0.00000242. The summed E-state index contributed by atoms with van der Waals surface area (Å²) in [6, 6.07) is 7.13. The topological polar surface area (TPSA) is 98.2 Å². The number of carbonyl (C=O) groups excluding carboxylic acids is 2. The fourth-order valence-electron chi connectivity index (χ4n) is 2.84. The van der Waals surface area contributed by atoms with Crippen molar-refractivity contribution in [3.8, 4) is 0 Å². The number of hydrogen-bond donors (Lipinski definition) is 3. The van der Waals surface area contributed by atoms with Gasteiger partial charge in [-0.25, -0.2) is 0 Å². The molecule has 5 nitrogen and oxygen atoms in total. The van der Waals surface area contributed by atoms with Crippen molar-refractivity contribution >= 4 is 24.2 Å². The molecule has 22 heavy (non-hydrogen) atoms. The normalized spacial score (nSPS) is 20.8. The zero-order valence-electron chi connectivity index (χ0n) is 12.6. The first-order valence-electron chi connectivity index (χ1n) is 7.47. The van der Waals surface area contributed by atoms with E-state index in [0.29, 0.717) is 18.5 Å². The van der Waals surface area contributed by atoms with Crippen LogP contribution in [0.25, 0.3) is 0 Å². The Kier molecular flexibility index (Phi) is 7.35. The molecule has 0 aliphatic heterocycles. The van der Waals surface area contributed by atoms with Gasteiger partial charge in [0.1, 0.15) is 0 Å². The minimum Gasteiger partial charge on any atom is -0.366 e. The standard InChI is InChI=1S/C16H23N3O2.ClH/c17-14-7-2-1-5-12(14)9-15(20)19-10-11-4-3-6-13(8-11)16(18)21;/h3-4,6,8,12,14H,1-2,5,7,9-10,17H2,(H2,18,21)(H,19,20);1H. The number of nitrogens with one attached hydrogen (secondary N) is 1. The Morgan fingerprint density at radius 1 is 1.23 bits per heavy atom. The van der Waals surface area contributed by atoms with Crippen molar-refractivity contribution in [3.05, 3.63) is 35.4 Å². The third-order valence-electron chi connectivity index (χ3n) is 4.12. The van der Waals surface area contributed by atoms with Crippen molar-refractivity contribution in [1.82, 2.24) is 5.32 Å². The quantitative estimate of drug-likeness (QED) is 0.768. The highest BCUT2D eigenvalue weighted by Gasteiger charge is 2.23. The van der Waals surface area contributed by atoms with Crippen LogP contribution in [-0.4, -0.2) is 17.9 Å². The van der Waals surface area contributed by atoms with Crippen LogP contribution >= 0.6 is 12.4 Å². The molecule has 1 aromatic carbocycles. The third kappa shape index (κ3) is 5.31. The van der Waals surface area contributed by atoms with Gasteiger partial charge < -0.3 is 16.8 Å². The average molecular weight is 326 g/mol. The van der Waals surface area contributed by atoms with Crippen LogP contribution in [-0.2, 0) is 11.3 Å². The van der Waals surface area contributed by atoms with E-state index in [1.54, 1.807) is 18.2 Å². The van der Waals surface area contributed by atoms with Crippen molar-refractivity contribution in [2.45, 2.75) is 44.7 Å². The van der Waals surface area contributed by atoms with Gasteiger partial charge in [-0.1, -0.05) is 25.0 Å². The molecule has 5 N–H and O–H groups in total. The van der Waals surface area contributed by atoms with Crippen LogP contribution in [0.2, 0.25) is 0 Å². The predicted molar refractivity (Wildman–Crippen MR) is 88.6 cm³/mol. The molecule has 0 aromatic heterocycles. The maximum atomic E-state index is 12.0. The molecule has 1 aliphatic rings. The van der Waals surface area contributed by atoms with E-state index in [-0.39, 0.29) is 30.3 Å². The monoisotopic (exact) mass is 325 g/mol. The van der Waals surface area contributed by atoms with Crippen LogP contribution in [0.5, 0.6) is 0 Å².